The standard InChI is InChI=1S/C28H26N4O/c1-31(2)23-15-9-12-21(16-23)18-25-28(33)32-19-26(22-13-7-4-8-14-22)29-24(27(32)30-25)17-20-10-5-3-6-11-20/h3-16,19,33H,17-18H2,1-2H3. The number of anilines is 1. The van der Waals surface area contributed by atoms with Crippen LogP contribution in [0.2, 0.25) is 0 Å². The number of hydrogen-bond donors (Lipinski definition) is 1. The van der Waals surface area contributed by atoms with Crippen molar-refractivity contribution in [3.63, 3.8) is 0 Å². The van der Waals surface area contributed by atoms with Crippen LogP contribution in [0.5, 0.6) is 5.88 Å². The van der Waals surface area contributed by atoms with Crippen LogP contribution in [0.3, 0.4) is 0 Å². The zero-order chi connectivity index (χ0) is 22.8. The third-order valence-corrected chi connectivity index (χ3v) is 5.80. The minimum atomic E-state index is 0.161. The molecule has 0 aliphatic rings. The number of aromatic hydroxyl groups is 1. The molecule has 0 spiro atoms. The molecular weight excluding hydrogens is 408 g/mol. The summed E-state index contributed by atoms with van der Waals surface area (Å²) >= 11 is 0. The van der Waals surface area contributed by atoms with Gasteiger partial charge in [0.15, 0.2) is 5.65 Å². The Morgan fingerprint density at radius 1 is 0.758 bits per heavy atom. The van der Waals surface area contributed by atoms with Crippen LogP contribution in [0.25, 0.3) is 16.9 Å². The van der Waals surface area contributed by atoms with E-state index in [1.807, 2.05) is 74.9 Å². The van der Waals surface area contributed by atoms with Crippen LogP contribution in [-0.2, 0) is 12.8 Å². The molecule has 5 nitrogen and oxygen atoms in total. The van der Waals surface area contributed by atoms with Gasteiger partial charge in [0.2, 0.25) is 5.88 Å². The molecule has 0 saturated heterocycles. The Labute approximate surface area is 193 Å². The summed E-state index contributed by atoms with van der Waals surface area (Å²) < 4.78 is 1.78. The monoisotopic (exact) mass is 434 g/mol. The molecule has 0 amide bonds. The molecule has 0 saturated carbocycles. The maximum absolute atomic E-state index is 11.2. The number of nitrogens with zero attached hydrogens (tertiary/aromatic N) is 4. The van der Waals surface area contributed by atoms with E-state index in [9.17, 15) is 5.11 Å². The molecule has 0 aliphatic heterocycles. The lowest BCUT2D eigenvalue weighted by molar-refractivity contribution is 0.442. The Bertz CT molecular complexity index is 1390. The summed E-state index contributed by atoms with van der Waals surface area (Å²) in [4.78, 5) is 11.9. The van der Waals surface area contributed by atoms with Crippen molar-refractivity contribution >= 4 is 11.3 Å². The molecule has 5 heteroatoms. The Morgan fingerprint density at radius 2 is 1.42 bits per heavy atom. The van der Waals surface area contributed by atoms with E-state index in [4.69, 9.17) is 9.97 Å². The molecule has 3 aromatic carbocycles. The van der Waals surface area contributed by atoms with Crippen LogP contribution in [0.1, 0.15) is 22.5 Å². The lowest BCUT2D eigenvalue weighted by Crippen LogP contribution is -2.08. The van der Waals surface area contributed by atoms with E-state index in [1.54, 1.807) is 4.40 Å². The Hall–Kier alpha value is -4.12. The van der Waals surface area contributed by atoms with E-state index in [0.29, 0.717) is 24.2 Å². The van der Waals surface area contributed by atoms with Crippen molar-refractivity contribution in [2.45, 2.75) is 12.8 Å². The van der Waals surface area contributed by atoms with Crippen LogP contribution in [0.4, 0.5) is 5.69 Å². The zero-order valence-corrected chi connectivity index (χ0v) is 18.8. The third-order valence-electron chi connectivity index (χ3n) is 5.80. The van der Waals surface area contributed by atoms with Crippen molar-refractivity contribution in [1.29, 1.82) is 0 Å². The van der Waals surface area contributed by atoms with Gasteiger partial charge < -0.3 is 10.0 Å². The summed E-state index contributed by atoms with van der Waals surface area (Å²) in [5, 5.41) is 11.2. The Balaban J connectivity index is 1.62. The van der Waals surface area contributed by atoms with Crippen molar-refractivity contribution in [2.24, 2.45) is 0 Å². The van der Waals surface area contributed by atoms with Gasteiger partial charge in [-0.1, -0.05) is 72.8 Å². The second-order valence-corrected chi connectivity index (χ2v) is 8.42. The van der Waals surface area contributed by atoms with Crippen molar-refractivity contribution < 1.29 is 5.11 Å². The van der Waals surface area contributed by atoms with Gasteiger partial charge in [-0.2, -0.15) is 0 Å². The van der Waals surface area contributed by atoms with Gasteiger partial charge in [-0.15, -0.1) is 0 Å². The zero-order valence-electron chi connectivity index (χ0n) is 18.8. The maximum Gasteiger partial charge on any atom is 0.219 e. The molecule has 5 rings (SSSR count). The molecule has 0 atom stereocenters. The van der Waals surface area contributed by atoms with Gasteiger partial charge in [-0.3, -0.25) is 4.40 Å². The van der Waals surface area contributed by atoms with Crippen LogP contribution < -0.4 is 4.90 Å². The number of aromatic nitrogens is 3. The predicted octanol–water partition coefficient (Wildman–Crippen LogP) is 5.35. The second kappa shape index (κ2) is 8.79. The van der Waals surface area contributed by atoms with Crippen molar-refractivity contribution in [3.05, 3.63) is 114 Å². The smallest absolute Gasteiger partial charge is 0.219 e. The summed E-state index contributed by atoms with van der Waals surface area (Å²) in [6, 6.07) is 28.6. The number of imidazole rings is 1. The Kier molecular flexibility index (Phi) is 5.53. The largest absolute Gasteiger partial charge is 0.493 e. The fraction of sp³-hybridized carbons (Fsp3) is 0.143. The SMILES string of the molecule is CN(C)c1cccc(Cc2nc3c(Cc4ccccc4)nc(-c4ccccc4)cn3c2O)c1. The Morgan fingerprint density at radius 3 is 2.15 bits per heavy atom. The van der Waals surface area contributed by atoms with E-state index in [0.717, 1.165) is 33.8 Å². The first-order chi connectivity index (χ1) is 16.1. The van der Waals surface area contributed by atoms with Gasteiger partial charge in [-0.25, -0.2) is 9.97 Å². The highest BCUT2D eigenvalue weighted by molar-refractivity contribution is 5.63. The molecule has 0 fully saturated rings. The van der Waals surface area contributed by atoms with Crippen LogP contribution >= 0.6 is 0 Å². The third kappa shape index (κ3) is 4.30. The molecule has 2 aromatic heterocycles. The minimum Gasteiger partial charge on any atom is -0.493 e. The molecule has 0 aliphatic carbocycles. The number of fused-ring (bicyclic) bond motifs is 1. The van der Waals surface area contributed by atoms with Crippen molar-refractivity contribution in [1.82, 2.24) is 14.4 Å². The first-order valence-corrected chi connectivity index (χ1v) is 11.0. The summed E-state index contributed by atoms with van der Waals surface area (Å²) in [5.41, 5.74) is 7.35. The first kappa shape index (κ1) is 20.8. The van der Waals surface area contributed by atoms with Gasteiger partial charge >= 0.3 is 0 Å². The molecule has 0 bridgehead atoms. The topological polar surface area (TPSA) is 53.7 Å². The fourth-order valence-electron chi connectivity index (χ4n) is 4.06. The highest BCUT2D eigenvalue weighted by atomic mass is 16.3. The quantitative estimate of drug-likeness (QED) is 0.391. The summed E-state index contributed by atoms with van der Waals surface area (Å²) in [5.74, 6) is 0.161. The summed E-state index contributed by atoms with van der Waals surface area (Å²) in [6.45, 7) is 0. The average molecular weight is 435 g/mol. The normalized spacial score (nSPS) is 11.1. The number of benzene rings is 3. The van der Waals surface area contributed by atoms with Crippen molar-refractivity contribution in [3.8, 4) is 17.1 Å². The highest BCUT2D eigenvalue weighted by Gasteiger charge is 2.18. The molecule has 0 unspecified atom stereocenters. The molecular formula is C28H26N4O. The number of rotatable bonds is 6. The molecule has 2 heterocycles. The summed E-state index contributed by atoms with van der Waals surface area (Å²) in [7, 11) is 4.04. The van der Waals surface area contributed by atoms with E-state index >= 15 is 0 Å². The minimum absolute atomic E-state index is 0.161. The van der Waals surface area contributed by atoms with E-state index < -0.39 is 0 Å². The van der Waals surface area contributed by atoms with Gasteiger partial charge in [0.05, 0.1) is 11.4 Å². The van der Waals surface area contributed by atoms with Crippen LogP contribution in [0, 0.1) is 0 Å². The molecule has 1 N–H and O–H groups in total. The molecule has 164 valence electrons. The van der Waals surface area contributed by atoms with E-state index in [1.165, 1.54) is 0 Å². The maximum atomic E-state index is 11.2. The average Bonchev–Trinajstić information content (AvgIpc) is 3.16. The summed E-state index contributed by atoms with van der Waals surface area (Å²) in [6.07, 6.45) is 3.05. The second-order valence-electron chi connectivity index (χ2n) is 8.42. The van der Waals surface area contributed by atoms with Crippen LogP contribution in [0.15, 0.2) is 91.1 Å². The molecule has 33 heavy (non-hydrogen) atoms. The van der Waals surface area contributed by atoms with E-state index in [-0.39, 0.29) is 5.88 Å². The first-order valence-electron chi connectivity index (χ1n) is 11.0. The van der Waals surface area contributed by atoms with Gasteiger partial charge in [0.25, 0.3) is 0 Å². The molecule has 0 radical (unpaired) electrons. The van der Waals surface area contributed by atoms with Crippen LogP contribution in [-0.4, -0.2) is 33.6 Å². The van der Waals surface area contributed by atoms with Gasteiger partial charge in [0.1, 0.15) is 5.69 Å². The highest BCUT2D eigenvalue weighted by Crippen LogP contribution is 2.28. The number of hydrogen-bond acceptors (Lipinski definition) is 4. The fourth-order valence-corrected chi connectivity index (χ4v) is 4.06. The predicted molar refractivity (Wildman–Crippen MR) is 133 cm³/mol. The van der Waals surface area contributed by atoms with E-state index in [2.05, 4.69) is 35.2 Å². The molecule has 5 aromatic rings. The van der Waals surface area contributed by atoms with Gasteiger partial charge in [-0.05, 0) is 23.3 Å². The van der Waals surface area contributed by atoms with Gasteiger partial charge in [0, 0.05) is 44.4 Å². The lowest BCUT2D eigenvalue weighted by atomic mass is 10.1. The lowest BCUT2D eigenvalue weighted by Gasteiger charge is -2.13. The van der Waals surface area contributed by atoms with Crippen molar-refractivity contribution in [2.75, 3.05) is 19.0 Å².